The third-order valence-electron chi connectivity index (χ3n) is 5.44. The fourth-order valence-corrected chi connectivity index (χ4v) is 8.27. The molecule has 1 aliphatic rings. The molecule has 0 aliphatic carbocycles. The van der Waals surface area contributed by atoms with E-state index in [2.05, 4.69) is 116 Å². The van der Waals surface area contributed by atoms with Gasteiger partial charge in [0.05, 0.1) is 23.7 Å². The van der Waals surface area contributed by atoms with Crippen molar-refractivity contribution >= 4 is 23.6 Å². The first-order chi connectivity index (χ1) is 12.7. The lowest BCUT2D eigenvalue weighted by Crippen LogP contribution is -3.00. The highest BCUT2D eigenvalue weighted by Gasteiger charge is 2.47. The summed E-state index contributed by atoms with van der Waals surface area (Å²) in [4.78, 5) is 2.44. The molecule has 4 rings (SSSR count). The standard InChI is InChI=1S/C24H25NP.BrH/c1-20-18-26(22-14-8-4-9-15-22,23-16-10-5-11-17-23)19-24(25(20)2)21-12-6-3-7-13-21;/h3-17,19-20H,18H2,1-2H3;1H/q+1;/p-1. The Hall–Kier alpha value is -1.89. The van der Waals surface area contributed by atoms with E-state index < -0.39 is 7.26 Å². The van der Waals surface area contributed by atoms with E-state index in [1.54, 1.807) is 0 Å². The van der Waals surface area contributed by atoms with Crippen molar-refractivity contribution in [3.63, 3.8) is 0 Å². The molecule has 0 N–H and O–H groups in total. The lowest BCUT2D eigenvalue weighted by Gasteiger charge is -2.39. The minimum absolute atomic E-state index is 0. The van der Waals surface area contributed by atoms with Gasteiger partial charge in [-0.2, -0.15) is 0 Å². The van der Waals surface area contributed by atoms with Crippen molar-refractivity contribution in [3.05, 3.63) is 102 Å². The highest BCUT2D eigenvalue weighted by molar-refractivity contribution is 7.92. The summed E-state index contributed by atoms with van der Waals surface area (Å²) >= 11 is 0. The smallest absolute Gasteiger partial charge is 0.108 e. The SMILES string of the molecule is CC1C[P+](c2ccccc2)(c2ccccc2)C=C(c2ccccc2)N1C.[Br-]. The van der Waals surface area contributed by atoms with Crippen molar-refractivity contribution in [1.82, 2.24) is 4.90 Å². The molecule has 3 aromatic rings. The van der Waals surface area contributed by atoms with Gasteiger partial charge in [0, 0.05) is 12.6 Å². The van der Waals surface area contributed by atoms with E-state index in [0.29, 0.717) is 6.04 Å². The van der Waals surface area contributed by atoms with Gasteiger partial charge in [0.2, 0.25) is 0 Å². The van der Waals surface area contributed by atoms with Crippen LogP contribution in [0.5, 0.6) is 0 Å². The van der Waals surface area contributed by atoms with Crippen LogP contribution in [0.25, 0.3) is 5.70 Å². The molecule has 1 nitrogen and oxygen atoms in total. The molecule has 27 heavy (non-hydrogen) atoms. The summed E-state index contributed by atoms with van der Waals surface area (Å²) in [5.74, 6) is 2.59. The Kier molecular flexibility index (Phi) is 6.19. The molecule has 3 heteroatoms. The van der Waals surface area contributed by atoms with Gasteiger partial charge in [0.25, 0.3) is 0 Å². The van der Waals surface area contributed by atoms with Gasteiger partial charge in [-0.1, -0.05) is 66.7 Å². The third kappa shape index (κ3) is 3.74. The summed E-state index contributed by atoms with van der Waals surface area (Å²) in [5.41, 5.74) is 2.66. The van der Waals surface area contributed by atoms with Gasteiger partial charge in [0.1, 0.15) is 17.9 Å². The molecule has 0 spiro atoms. The van der Waals surface area contributed by atoms with Crippen molar-refractivity contribution in [3.8, 4) is 0 Å². The first-order valence-corrected chi connectivity index (χ1v) is 11.3. The zero-order valence-electron chi connectivity index (χ0n) is 15.8. The summed E-state index contributed by atoms with van der Waals surface area (Å²) in [5, 5.41) is 2.94. The van der Waals surface area contributed by atoms with Crippen LogP contribution in [-0.4, -0.2) is 24.2 Å². The van der Waals surface area contributed by atoms with Crippen LogP contribution in [0.3, 0.4) is 0 Å². The maximum atomic E-state index is 2.59. The molecule has 0 saturated heterocycles. The van der Waals surface area contributed by atoms with Crippen LogP contribution in [0.1, 0.15) is 12.5 Å². The molecule has 0 fully saturated rings. The summed E-state index contributed by atoms with van der Waals surface area (Å²) in [6.45, 7) is 2.36. The van der Waals surface area contributed by atoms with E-state index in [1.165, 1.54) is 28.0 Å². The molecule has 1 atom stereocenters. The largest absolute Gasteiger partial charge is 1.00 e. The van der Waals surface area contributed by atoms with Gasteiger partial charge >= 0.3 is 0 Å². The topological polar surface area (TPSA) is 3.24 Å². The number of hydrogen-bond acceptors (Lipinski definition) is 1. The van der Waals surface area contributed by atoms with Gasteiger partial charge in [-0.3, -0.25) is 0 Å². The second kappa shape index (κ2) is 8.42. The Balaban J connectivity index is 0.00000210. The summed E-state index contributed by atoms with van der Waals surface area (Å²) in [7, 11) is 0.616. The van der Waals surface area contributed by atoms with Crippen LogP contribution in [0.2, 0.25) is 0 Å². The Morgan fingerprint density at radius 2 is 1.19 bits per heavy atom. The number of rotatable bonds is 3. The first-order valence-electron chi connectivity index (χ1n) is 9.21. The highest BCUT2D eigenvalue weighted by Crippen LogP contribution is 2.62. The Morgan fingerprint density at radius 3 is 1.67 bits per heavy atom. The summed E-state index contributed by atoms with van der Waals surface area (Å²) in [6, 6.07) is 33.5. The quantitative estimate of drug-likeness (QED) is 0.566. The molecule has 3 aromatic carbocycles. The maximum Gasteiger partial charge on any atom is 0.108 e. The molecule has 0 aromatic heterocycles. The highest BCUT2D eigenvalue weighted by atomic mass is 79.9. The predicted molar refractivity (Wildman–Crippen MR) is 116 cm³/mol. The molecule has 0 bridgehead atoms. The van der Waals surface area contributed by atoms with Gasteiger partial charge < -0.3 is 21.9 Å². The van der Waals surface area contributed by atoms with Crippen LogP contribution >= 0.6 is 7.26 Å². The lowest BCUT2D eigenvalue weighted by atomic mass is 10.1. The Labute approximate surface area is 173 Å². The molecule has 1 aliphatic heterocycles. The minimum atomic E-state index is -1.61. The first kappa shape index (κ1) is 19.9. The monoisotopic (exact) mass is 437 g/mol. The molecule has 138 valence electrons. The Bertz CT molecular complexity index is 854. The fourth-order valence-electron chi connectivity index (χ4n) is 3.91. The van der Waals surface area contributed by atoms with Gasteiger partial charge in [0.15, 0.2) is 0 Å². The van der Waals surface area contributed by atoms with E-state index in [0.717, 1.165) is 0 Å². The average molecular weight is 438 g/mol. The third-order valence-corrected chi connectivity index (χ3v) is 9.67. The van der Waals surface area contributed by atoms with E-state index >= 15 is 0 Å². The molecule has 0 radical (unpaired) electrons. The molecule has 1 heterocycles. The van der Waals surface area contributed by atoms with Crippen LogP contribution < -0.4 is 27.6 Å². The van der Waals surface area contributed by atoms with E-state index in [-0.39, 0.29) is 17.0 Å². The van der Waals surface area contributed by atoms with Crippen molar-refractivity contribution in [1.29, 1.82) is 0 Å². The van der Waals surface area contributed by atoms with Gasteiger partial charge in [-0.25, -0.2) is 0 Å². The number of hydrogen-bond donors (Lipinski definition) is 0. The van der Waals surface area contributed by atoms with Crippen LogP contribution in [0.4, 0.5) is 0 Å². The van der Waals surface area contributed by atoms with Crippen LogP contribution in [0.15, 0.2) is 96.8 Å². The lowest BCUT2D eigenvalue weighted by molar-refractivity contribution is -0.00000525. The van der Waals surface area contributed by atoms with E-state index in [9.17, 15) is 0 Å². The zero-order valence-corrected chi connectivity index (χ0v) is 18.3. The molecular formula is C24H25BrNP. The van der Waals surface area contributed by atoms with E-state index in [4.69, 9.17) is 0 Å². The zero-order chi connectivity index (χ0) is 18.0. The van der Waals surface area contributed by atoms with Crippen LogP contribution in [-0.2, 0) is 0 Å². The van der Waals surface area contributed by atoms with Gasteiger partial charge in [-0.15, -0.1) is 0 Å². The second-order valence-electron chi connectivity index (χ2n) is 7.06. The fraction of sp³-hybridized carbons (Fsp3) is 0.167. The molecule has 0 amide bonds. The maximum absolute atomic E-state index is 2.59. The van der Waals surface area contributed by atoms with E-state index in [1.807, 2.05) is 0 Å². The van der Waals surface area contributed by atoms with Gasteiger partial charge in [-0.05, 0) is 31.2 Å². The minimum Gasteiger partial charge on any atom is -1.00 e. The number of benzene rings is 3. The molecule has 0 saturated carbocycles. The normalized spacial score (nSPS) is 18.4. The van der Waals surface area contributed by atoms with Crippen molar-refractivity contribution in [2.24, 2.45) is 0 Å². The predicted octanol–water partition coefficient (Wildman–Crippen LogP) is 1.99. The van der Waals surface area contributed by atoms with Crippen LogP contribution in [0, 0.1) is 0 Å². The van der Waals surface area contributed by atoms with Crippen molar-refractivity contribution in [2.45, 2.75) is 13.0 Å². The van der Waals surface area contributed by atoms with Crippen molar-refractivity contribution < 1.29 is 17.0 Å². The average Bonchev–Trinajstić information content (AvgIpc) is 2.72. The second-order valence-corrected chi connectivity index (χ2v) is 10.5. The number of halogens is 1. The molecular weight excluding hydrogens is 413 g/mol. The molecule has 1 unspecified atom stereocenters. The number of nitrogens with zero attached hydrogens (tertiary/aromatic N) is 1. The summed E-state index contributed by atoms with van der Waals surface area (Å²) in [6.07, 6.45) is 1.17. The van der Waals surface area contributed by atoms with Crippen molar-refractivity contribution in [2.75, 3.05) is 13.2 Å². The summed E-state index contributed by atoms with van der Waals surface area (Å²) < 4.78 is 0. The Morgan fingerprint density at radius 1 is 0.741 bits per heavy atom.